The minimum absolute atomic E-state index is 0.136. The molecule has 0 aliphatic rings. The third kappa shape index (κ3) is 8.31. The zero-order valence-corrected chi connectivity index (χ0v) is 12.5. The van der Waals surface area contributed by atoms with Crippen molar-refractivity contribution in [1.82, 2.24) is 0 Å². The molecule has 0 saturated heterocycles. The Kier molecular flexibility index (Phi) is 6.91. The highest BCUT2D eigenvalue weighted by molar-refractivity contribution is 4.84. The van der Waals surface area contributed by atoms with E-state index >= 15 is 0 Å². The van der Waals surface area contributed by atoms with Gasteiger partial charge in [0.2, 0.25) is 0 Å². The van der Waals surface area contributed by atoms with Crippen molar-refractivity contribution in [3.05, 3.63) is 0 Å². The average Bonchev–Trinajstić information content (AvgIpc) is 2.20. The molecule has 102 valence electrons. The highest BCUT2D eigenvalue weighted by Gasteiger charge is 2.28. The molecule has 3 nitrogen and oxygen atoms in total. The van der Waals surface area contributed by atoms with Crippen LogP contribution in [0.15, 0.2) is 10.2 Å². The quantitative estimate of drug-likeness (QED) is 0.523. The Morgan fingerprint density at radius 3 is 2.12 bits per heavy atom. The van der Waals surface area contributed by atoms with Gasteiger partial charge in [-0.05, 0) is 41.0 Å². The molecule has 0 aliphatic carbocycles. The van der Waals surface area contributed by atoms with Gasteiger partial charge >= 0.3 is 0 Å². The predicted octanol–water partition coefficient (Wildman–Crippen LogP) is 4.35. The molecule has 0 aromatic heterocycles. The highest BCUT2D eigenvalue weighted by atomic mass is 16.3. The Morgan fingerprint density at radius 1 is 1.06 bits per heavy atom. The average molecular weight is 242 g/mol. The number of azo groups is 1. The summed E-state index contributed by atoms with van der Waals surface area (Å²) in [5, 5.41) is 18.8. The molecule has 2 unspecified atom stereocenters. The van der Waals surface area contributed by atoms with E-state index < -0.39 is 5.60 Å². The van der Waals surface area contributed by atoms with E-state index in [4.69, 9.17) is 0 Å². The summed E-state index contributed by atoms with van der Waals surface area (Å²) in [6, 6.07) is -0.136. The SMILES string of the molecule is CCCCCCC(C)(O)C(C)N=NC(C)(C)C. The molecule has 0 saturated carbocycles. The van der Waals surface area contributed by atoms with E-state index in [9.17, 15) is 5.11 Å². The van der Waals surface area contributed by atoms with Crippen molar-refractivity contribution in [3.8, 4) is 0 Å². The monoisotopic (exact) mass is 242 g/mol. The fourth-order valence-corrected chi connectivity index (χ4v) is 1.50. The number of aliphatic hydroxyl groups is 1. The van der Waals surface area contributed by atoms with Gasteiger partial charge in [-0.15, -0.1) is 0 Å². The van der Waals surface area contributed by atoms with Crippen LogP contribution < -0.4 is 0 Å². The molecular formula is C14H30N2O. The van der Waals surface area contributed by atoms with Crippen molar-refractivity contribution in [2.45, 2.75) is 90.8 Å². The van der Waals surface area contributed by atoms with E-state index in [-0.39, 0.29) is 11.6 Å². The molecule has 0 amide bonds. The first-order chi connectivity index (χ1) is 7.69. The molecule has 0 radical (unpaired) electrons. The predicted molar refractivity (Wildman–Crippen MR) is 73.5 cm³/mol. The lowest BCUT2D eigenvalue weighted by Crippen LogP contribution is -2.36. The maximum Gasteiger partial charge on any atom is 0.0964 e. The van der Waals surface area contributed by atoms with Crippen LogP contribution in [0.3, 0.4) is 0 Å². The molecule has 1 N–H and O–H groups in total. The fourth-order valence-electron chi connectivity index (χ4n) is 1.50. The van der Waals surface area contributed by atoms with E-state index in [0.717, 1.165) is 12.8 Å². The van der Waals surface area contributed by atoms with Crippen molar-refractivity contribution in [2.24, 2.45) is 10.2 Å². The van der Waals surface area contributed by atoms with Gasteiger partial charge in [-0.1, -0.05) is 32.6 Å². The van der Waals surface area contributed by atoms with E-state index in [0.29, 0.717) is 0 Å². The molecular weight excluding hydrogens is 212 g/mol. The summed E-state index contributed by atoms with van der Waals surface area (Å²) < 4.78 is 0. The molecule has 0 spiro atoms. The number of nitrogens with zero attached hydrogens (tertiary/aromatic N) is 2. The fraction of sp³-hybridized carbons (Fsp3) is 1.00. The van der Waals surface area contributed by atoms with Crippen LogP contribution in [0.25, 0.3) is 0 Å². The Morgan fingerprint density at radius 2 is 1.65 bits per heavy atom. The molecule has 2 atom stereocenters. The first kappa shape index (κ1) is 16.6. The molecule has 0 heterocycles. The minimum atomic E-state index is -0.734. The van der Waals surface area contributed by atoms with Crippen LogP contribution in [0, 0.1) is 0 Å². The largest absolute Gasteiger partial charge is 0.388 e. The molecule has 0 aliphatic heterocycles. The number of hydrogen-bond acceptors (Lipinski definition) is 3. The van der Waals surface area contributed by atoms with Gasteiger partial charge in [-0.2, -0.15) is 10.2 Å². The number of rotatable bonds is 7. The summed E-state index contributed by atoms with van der Waals surface area (Å²) in [7, 11) is 0. The van der Waals surface area contributed by atoms with Crippen LogP contribution in [-0.4, -0.2) is 22.3 Å². The molecule has 0 aromatic rings. The Hall–Kier alpha value is -0.440. The zero-order valence-electron chi connectivity index (χ0n) is 12.5. The second kappa shape index (κ2) is 7.10. The smallest absolute Gasteiger partial charge is 0.0964 e. The normalized spacial score (nSPS) is 18.3. The van der Waals surface area contributed by atoms with Crippen molar-refractivity contribution < 1.29 is 5.11 Å². The number of hydrogen-bond donors (Lipinski definition) is 1. The third-order valence-corrected chi connectivity index (χ3v) is 2.97. The van der Waals surface area contributed by atoms with Crippen LogP contribution in [0.2, 0.25) is 0 Å². The van der Waals surface area contributed by atoms with Gasteiger partial charge in [0.15, 0.2) is 0 Å². The van der Waals surface area contributed by atoms with E-state index in [1.807, 2.05) is 34.6 Å². The lowest BCUT2D eigenvalue weighted by Gasteiger charge is -2.27. The Bertz CT molecular complexity index is 229. The van der Waals surface area contributed by atoms with E-state index in [1.165, 1.54) is 19.3 Å². The molecule has 17 heavy (non-hydrogen) atoms. The lowest BCUT2D eigenvalue weighted by molar-refractivity contribution is 0.0252. The maximum absolute atomic E-state index is 10.3. The van der Waals surface area contributed by atoms with E-state index in [2.05, 4.69) is 17.2 Å². The van der Waals surface area contributed by atoms with Crippen molar-refractivity contribution in [1.29, 1.82) is 0 Å². The van der Waals surface area contributed by atoms with Crippen LogP contribution in [-0.2, 0) is 0 Å². The van der Waals surface area contributed by atoms with E-state index in [1.54, 1.807) is 0 Å². The zero-order chi connectivity index (χ0) is 13.5. The summed E-state index contributed by atoms with van der Waals surface area (Å²) in [6.45, 7) is 12.0. The first-order valence-electron chi connectivity index (χ1n) is 6.83. The molecule has 0 rings (SSSR count). The van der Waals surface area contributed by atoms with Crippen LogP contribution in [0.5, 0.6) is 0 Å². The van der Waals surface area contributed by atoms with Gasteiger partial charge in [0.05, 0.1) is 17.2 Å². The Labute approximate surface area is 107 Å². The molecule has 0 bridgehead atoms. The standard InChI is InChI=1S/C14H30N2O/c1-7-8-9-10-11-14(6,17)12(2)15-16-13(3,4)5/h12,17H,7-11H2,1-6H3. The van der Waals surface area contributed by atoms with Gasteiger partial charge in [0.1, 0.15) is 0 Å². The summed E-state index contributed by atoms with van der Waals surface area (Å²) in [6.07, 6.45) is 5.53. The summed E-state index contributed by atoms with van der Waals surface area (Å²) in [5.74, 6) is 0. The summed E-state index contributed by atoms with van der Waals surface area (Å²) >= 11 is 0. The van der Waals surface area contributed by atoms with Crippen molar-refractivity contribution in [3.63, 3.8) is 0 Å². The Balaban J connectivity index is 4.15. The van der Waals surface area contributed by atoms with Crippen LogP contribution >= 0.6 is 0 Å². The second-order valence-corrected chi connectivity index (χ2v) is 6.23. The molecule has 0 aromatic carbocycles. The number of unbranched alkanes of at least 4 members (excludes halogenated alkanes) is 3. The summed E-state index contributed by atoms with van der Waals surface area (Å²) in [5.41, 5.74) is -0.894. The van der Waals surface area contributed by atoms with Gasteiger partial charge in [-0.3, -0.25) is 0 Å². The van der Waals surface area contributed by atoms with Gasteiger partial charge in [0.25, 0.3) is 0 Å². The van der Waals surface area contributed by atoms with Crippen molar-refractivity contribution in [2.75, 3.05) is 0 Å². The summed E-state index contributed by atoms with van der Waals surface area (Å²) in [4.78, 5) is 0. The minimum Gasteiger partial charge on any atom is -0.388 e. The molecule has 3 heteroatoms. The lowest BCUT2D eigenvalue weighted by atomic mass is 9.91. The van der Waals surface area contributed by atoms with Crippen molar-refractivity contribution >= 4 is 0 Å². The van der Waals surface area contributed by atoms with Gasteiger partial charge in [-0.25, -0.2) is 0 Å². The highest BCUT2D eigenvalue weighted by Crippen LogP contribution is 2.22. The van der Waals surface area contributed by atoms with Gasteiger partial charge < -0.3 is 5.11 Å². The third-order valence-electron chi connectivity index (χ3n) is 2.97. The topological polar surface area (TPSA) is 45.0 Å². The first-order valence-corrected chi connectivity index (χ1v) is 6.83. The van der Waals surface area contributed by atoms with Crippen LogP contribution in [0.1, 0.15) is 73.6 Å². The second-order valence-electron chi connectivity index (χ2n) is 6.23. The molecule has 0 fully saturated rings. The maximum atomic E-state index is 10.3. The van der Waals surface area contributed by atoms with Gasteiger partial charge in [0, 0.05) is 0 Å². The van der Waals surface area contributed by atoms with Crippen LogP contribution in [0.4, 0.5) is 0 Å².